The minimum atomic E-state index is -3.26. The van der Waals surface area contributed by atoms with E-state index in [-0.39, 0.29) is 19.0 Å². The van der Waals surface area contributed by atoms with Crippen LogP contribution in [0.3, 0.4) is 0 Å². The van der Waals surface area contributed by atoms with Crippen LogP contribution in [0, 0.1) is 0 Å². The molecule has 8 heteroatoms. The second-order valence-electron chi connectivity index (χ2n) is 5.48. The van der Waals surface area contributed by atoms with Crippen LogP contribution >= 0.6 is 12.4 Å². The maximum Gasteiger partial charge on any atom is 0.229 e. The van der Waals surface area contributed by atoms with Crippen LogP contribution in [-0.4, -0.2) is 39.0 Å². The van der Waals surface area contributed by atoms with Crippen molar-refractivity contribution < 1.29 is 18.3 Å². The highest BCUT2D eigenvalue weighted by atomic mass is 35.5. The van der Waals surface area contributed by atoms with E-state index in [1.54, 1.807) is 12.1 Å². The van der Waals surface area contributed by atoms with Crippen molar-refractivity contribution >= 4 is 28.1 Å². The van der Waals surface area contributed by atoms with Gasteiger partial charge in [-0.3, -0.25) is 4.72 Å². The lowest BCUT2D eigenvalue weighted by Crippen LogP contribution is -2.31. The zero-order valence-corrected chi connectivity index (χ0v) is 15.5. The Morgan fingerprint density at radius 3 is 2.32 bits per heavy atom. The van der Waals surface area contributed by atoms with Crippen LogP contribution in [0.1, 0.15) is 5.56 Å². The van der Waals surface area contributed by atoms with Crippen LogP contribution in [0.2, 0.25) is 0 Å². The minimum Gasteiger partial charge on any atom is -0.491 e. The molecule has 0 aliphatic carbocycles. The molecule has 0 aliphatic rings. The number of aliphatic hydroxyl groups excluding tert-OH is 1. The number of halogens is 1. The number of rotatable bonds is 9. The maximum atomic E-state index is 11.1. The molecule has 0 spiro atoms. The molecule has 0 radical (unpaired) electrons. The summed E-state index contributed by atoms with van der Waals surface area (Å²) in [6.07, 6.45) is 0.498. The second-order valence-corrected chi connectivity index (χ2v) is 7.23. The summed E-state index contributed by atoms with van der Waals surface area (Å²) in [5.41, 5.74) is 1.52. The highest BCUT2D eigenvalue weighted by molar-refractivity contribution is 7.92. The highest BCUT2D eigenvalue weighted by Crippen LogP contribution is 2.11. The Labute approximate surface area is 154 Å². The molecule has 1 atom stereocenters. The topological polar surface area (TPSA) is 87.7 Å². The van der Waals surface area contributed by atoms with Crippen molar-refractivity contribution in [3.8, 4) is 5.75 Å². The summed E-state index contributed by atoms with van der Waals surface area (Å²) in [6.45, 7) is 1.19. The number of anilines is 1. The molecule has 3 N–H and O–H groups in total. The lowest BCUT2D eigenvalue weighted by molar-refractivity contribution is 0.106. The zero-order chi connectivity index (χ0) is 17.4. The van der Waals surface area contributed by atoms with Crippen LogP contribution in [0.5, 0.6) is 5.75 Å². The summed E-state index contributed by atoms with van der Waals surface area (Å²) >= 11 is 0. The van der Waals surface area contributed by atoms with Gasteiger partial charge in [0, 0.05) is 18.8 Å². The molecule has 0 aliphatic heterocycles. The van der Waals surface area contributed by atoms with E-state index in [0.717, 1.165) is 17.6 Å². The number of benzene rings is 2. The van der Waals surface area contributed by atoms with Gasteiger partial charge < -0.3 is 15.2 Å². The Morgan fingerprint density at radius 2 is 1.72 bits per heavy atom. The number of hydrogen-bond acceptors (Lipinski definition) is 5. The van der Waals surface area contributed by atoms with Crippen molar-refractivity contribution in [2.24, 2.45) is 0 Å². The zero-order valence-electron chi connectivity index (χ0n) is 13.9. The molecule has 2 aromatic rings. The Morgan fingerprint density at radius 1 is 1.08 bits per heavy atom. The number of nitrogens with one attached hydrogen (secondary N) is 2. The third-order valence-corrected chi connectivity index (χ3v) is 3.76. The first-order valence-corrected chi connectivity index (χ1v) is 9.45. The summed E-state index contributed by atoms with van der Waals surface area (Å²) in [7, 11) is -3.26. The summed E-state index contributed by atoms with van der Waals surface area (Å²) in [4.78, 5) is 0. The van der Waals surface area contributed by atoms with E-state index in [1.807, 2.05) is 42.5 Å². The molecule has 0 bridgehead atoms. The van der Waals surface area contributed by atoms with E-state index in [0.29, 0.717) is 18.8 Å². The molecule has 138 valence electrons. The first-order chi connectivity index (χ1) is 11.4. The van der Waals surface area contributed by atoms with Crippen molar-refractivity contribution in [1.82, 2.24) is 5.32 Å². The molecule has 0 heterocycles. The average molecular weight is 387 g/mol. The van der Waals surface area contributed by atoms with Gasteiger partial charge >= 0.3 is 0 Å². The molecule has 0 saturated heterocycles. The Kier molecular flexibility index (Phi) is 8.71. The van der Waals surface area contributed by atoms with Crippen LogP contribution in [0.15, 0.2) is 54.6 Å². The Balaban J connectivity index is 0.00000312. The highest BCUT2D eigenvalue weighted by Gasteiger charge is 2.05. The van der Waals surface area contributed by atoms with E-state index in [1.165, 1.54) is 0 Å². The number of para-hydroxylation sites is 1. The van der Waals surface area contributed by atoms with Gasteiger partial charge in [0.1, 0.15) is 18.5 Å². The molecule has 0 saturated carbocycles. The summed E-state index contributed by atoms with van der Waals surface area (Å²) in [5.74, 6) is 0.727. The van der Waals surface area contributed by atoms with E-state index in [2.05, 4.69) is 10.0 Å². The lowest BCUT2D eigenvalue weighted by atomic mass is 10.2. The number of hydrogen-bond donors (Lipinski definition) is 3. The first kappa shape index (κ1) is 21.2. The molecular weight excluding hydrogens is 364 g/mol. The first-order valence-electron chi connectivity index (χ1n) is 7.56. The van der Waals surface area contributed by atoms with Gasteiger partial charge in [0.25, 0.3) is 0 Å². The predicted octanol–water partition coefficient (Wildman–Crippen LogP) is 2.01. The Bertz CT molecular complexity index is 724. The van der Waals surface area contributed by atoms with Crippen molar-refractivity contribution in [3.63, 3.8) is 0 Å². The van der Waals surface area contributed by atoms with Crippen molar-refractivity contribution in [2.75, 3.05) is 24.1 Å². The van der Waals surface area contributed by atoms with E-state index in [4.69, 9.17) is 4.74 Å². The molecule has 6 nitrogen and oxygen atoms in total. The van der Waals surface area contributed by atoms with E-state index in [9.17, 15) is 13.5 Å². The molecular formula is C17H23ClN2O4S. The summed E-state index contributed by atoms with van der Waals surface area (Å²) in [5, 5.41) is 13.0. The minimum absolute atomic E-state index is 0. The smallest absolute Gasteiger partial charge is 0.229 e. The maximum absolute atomic E-state index is 11.1. The third-order valence-electron chi connectivity index (χ3n) is 3.15. The monoisotopic (exact) mass is 386 g/mol. The Hall–Kier alpha value is -1.80. The van der Waals surface area contributed by atoms with Gasteiger partial charge in [-0.1, -0.05) is 30.3 Å². The molecule has 2 aromatic carbocycles. The van der Waals surface area contributed by atoms with Crippen molar-refractivity contribution in [3.05, 3.63) is 60.2 Å². The third kappa shape index (κ3) is 8.74. The van der Waals surface area contributed by atoms with Crippen molar-refractivity contribution in [2.45, 2.75) is 12.6 Å². The molecule has 0 aromatic heterocycles. The fourth-order valence-corrected chi connectivity index (χ4v) is 2.62. The van der Waals surface area contributed by atoms with E-state index >= 15 is 0 Å². The van der Waals surface area contributed by atoms with Crippen molar-refractivity contribution in [1.29, 1.82) is 0 Å². The molecule has 0 fully saturated rings. The van der Waals surface area contributed by atoms with Crippen LogP contribution < -0.4 is 14.8 Å². The SMILES string of the molecule is CS(=O)(=O)Nc1ccc(CNCC(O)COc2ccccc2)cc1.Cl. The number of aliphatic hydroxyl groups is 1. The largest absolute Gasteiger partial charge is 0.491 e. The summed E-state index contributed by atoms with van der Waals surface area (Å²) in [6, 6.07) is 16.4. The number of sulfonamides is 1. The van der Waals surface area contributed by atoms with Gasteiger partial charge in [-0.15, -0.1) is 12.4 Å². The number of ether oxygens (including phenoxy) is 1. The van der Waals surface area contributed by atoms with Gasteiger partial charge in [0.2, 0.25) is 10.0 Å². The normalized spacial score (nSPS) is 12.1. The van der Waals surface area contributed by atoms with E-state index < -0.39 is 16.1 Å². The van der Waals surface area contributed by atoms with Gasteiger partial charge in [-0.05, 0) is 29.8 Å². The predicted molar refractivity (Wildman–Crippen MR) is 102 cm³/mol. The van der Waals surface area contributed by atoms with Gasteiger partial charge in [0.15, 0.2) is 0 Å². The molecule has 1 unspecified atom stereocenters. The molecule has 25 heavy (non-hydrogen) atoms. The van der Waals surface area contributed by atoms with Crippen LogP contribution in [0.25, 0.3) is 0 Å². The molecule has 2 rings (SSSR count). The lowest BCUT2D eigenvalue weighted by Gasteiger charge is -2.13. The fourth-order valence-electron chi connectivity index (χ4n) is 2.06. The van der Waals surface area contributed by atoms with Gasteiger partial charge in [0.05, 0.1) is 6.26 Å². The quantitative estimate of drug-likeness (QED) is 0.613. The van der Waals surface area contributed by atoms with Crippen LogP contribution in [-0.2, 0) is 16.6 Å². The summed E-state index contributed by atoms with van der Waals surface area (Å²) < 4.78 is 30.2. The molecule has 0 amide bonds. The van der Waals surface area contributed by atoms with Gasteiger partial charge in [-0.2, -0.15) is 0 Å². The fraction of sp³-hybridized carbons (Fsp3) is 0.294. The van der Waals surface area contributed by atoms with Gasteiger partial charge in [-0.25, -0.2) is 8.42 Å². The van der Waals surface area contributed by atoms with Crippen LogP contribution in [0.4, 0.5) is 5.69 Å². The average Bonchev–Trinajstić information content (AvgIpc) is 2.54. The standard InChI is InChI=1S/C17H22N2O4S.ClH/c1-24(21,22)19-15-9-7-14(8-10-15)11-18-12-16(20)13-23-17-5-3-2-4-6-17;/h2-10,16,18-20H,11-13H2,1H3;1H. The second kappa shape index (κ2) is 10.2.